The molecule has 2 aliphatic heterocycles. The smallest absolute Gasteiger partial charge is 0.309 e. The van der Waals surface area contributed by atoms with Gasteiger partial charge in [-0.05, 0) is 62.4 Å². The third-order valence-corrected chi connectivity index (χ3v) is 7.05. The van der Waals surface area contributed by atoms with Crippen molar-refractivity contribution in [3.8, 4) is 0 Å². The molecule has 0 spiro atoms. The third kappa shape index (κ3) is 4.97. The van der Waals surface area contributed by atoms with E-state index in [-0.39, 0.29) is 12.1 Å². The molecule has 3 aliphatic rings. The summed E-state index contributed by atoms with van der Waals surface area (Å²) in [4.78, 5) is 29.7. The zero-order chi connectivity index (χ0) is 20.9. The summed E-state index contributed by atoms with van der Waals surface area (Å²) in [6, 6.07) is 6.98. The standard InChI is InChI=1S/C24H36N4O2/c1-27-15-12-19-16-18(10-11-21(19)27)22(28-13-6-7-14-28)17-25-23(29)24(30)26-20-8-4-2-3-5-9-20/h10-11,16,20,22H,2-9,12-15,17H2,1H3,(H,25,29)(H,26,30)/t22-/m0/s1. The van der Waals surface area contributed by atoms with Crippen LogP contribution in [0.3, 0.4) is 0 Å². The van der Waals surface area contributed by atoms with Gasteiger partial charge in [-0.1, -0.05) is 37.8 Å². The topological polar surface area (TPSA) is 64.7 Å². The molecule has 2 fully saturated rings. The molecule has 1 aliphatic carbocycles. The first-order valence-corrected chi connectivity index (χ1v) is 11.8. The van der Waals surface area contributed by atoms with Gasteiger partial charge in [0.2, 0.25) is 0 Å². The Balaban J connectivity index is 1.39. The summed E-state index contributed by atoms with van der Waals surface area (Å²) >= 11 is 0. The number of likely N-dealkylation sites (N-methyl/N-ethyl adjacent to an activating group) is 1. The summed E-state index contributed by atoms with van der Waals surface area (Å²) in [5.74, 6) is -0.970. The highest BCUT2D eigenvalue weighted by Crippen LogP contribution is 2.32. The molecule has 30 heavy (non-hydrogen) atoms. The average Bonchev–Trinajstić information content (AvgIpc) is 3.33. The van der Waals surface area contributed by atoms with E-state index >= 15 is 0 Å². The lowest BCUT2D eigenvalue weighted by atomic mass is 10.0. The highest BCUT2D eigenvalue weighted by atomic mass is 16.2. The summed E-state index contributed by atoms with van der Waals surface area (Å²) in [5, 5.41) is 5.90. The first-order chi connectivity index (χ1) is 14.6. The minimum Gasteiger partial charge on any atom is -0.374 e. The van der Waals surface area contributed by atoms with E-state index in [2.05, 4.69) is 45.7 Å². The van der Waals surface area contributed by atoms with Crippen molar-refractivity contribution < 1.29 is 9.59 Å². The number of anilines is 1. The number of nitrogens with one attached hydrogen (secondary N) is 2. The van der Waals surface area contributed by atoms with Crippen LogP contribution in [0.25, 0.3) is 0 Å². The van der Waals surface area contributed by atoms with Crippen LogP contribution in [0.4, 0.5) is 5.69 Å². The molecule has 1 saturated carbocycles. The van der Waals surface area contributed by atoms with Gasteiger partial charge in [0.25, 0.3) is 0 Å². The Hall–Kier alpha value is -2.08. The molecule has 2 N–H and O–H groups in total. The van der Waals surface area contributed by atoms with Gasteiger partial charge in [-0.15, -0.1) is 0 Å². The van der Waals surface area contributed by atoms with Crippen LogP contribution in [0, 0.1) is 0 Å². The van der Waals surface area contributed by atoms with Crippen molar-refractivity contribution in [3.63, 3.8) is 0 Å². The lowest BCUT2D eigenvalue weighted by Gasteiger charge is -2.29. The lowest BCUT2D eigenvalue weighted by Crippen LogP contribution is -2.46. The van der Waals surface area contributed by atoms with Crippen molar-refractivity contribution in [1.29, 1.82) is 0 Å². The molecule has 0 bridgehead atoms. The summed E-state index contributed by atoms with van der Waals surface area (Å²) in [6.07, 6.45) is 10.2. The van der Waals surface area contributed by atoms with Crippen LogP contribution in [0.5, 0.6) is 0 Å². The third-order valence-electron chi connectivity index (χ3n) is 7.05. The molecule has 4 rings (SSSR count). The van der Waals surface area contributed by atoms with E-state index in [4.69, 9.17) is 0 Å². The first kappa shape index (κ1) is 21.2. The number of likely N-dealkylation sites (tertiary alicyclic amines) is 1. The van der Waals surface area contributed by atoms with Crippen molar-refractivity contribution in [3.05, 3.63) is 29.3 Å². The zero-order valence-corrected chi connectivity index (χ0v) is 18.3. The summed E-state index contributed by atoms with van der Waals surface area (Å²) in [7, 11) is 2.14. The molecule has 1 aromatic carbocycles. The van der Waals surface area contributed by atoms with Gasteiger partial charge in [-0.3, -0.25) is 14.5 Å². The summed E-state index contributed by atoms with van der Waals surface area (Å²) < 4.78 is 0. The van der Waals surface area contributed by atoms with E-state index in [0.29, 0.717) is 6.54 Å². The Morgan fingerprint density at radius 3 is 2.47 bits per heavy atom. The van der Waals surface area contributed by atoms with Crippen LogP contribution in [0.2, 0.25) is 0 Å². The fraction of sp³-hybridized carbons (Fsp3) is 0.667. The van der Waals surface area contributed by atoms with E-state index in [1.807, 2.05) is 0 Å². The zero-order valence-electron chi connectivity index (χ0n) is 18.3. The SMILES string of the molecule is CN1CCc2cc([C@H](CNC(=O)C(=O)NC3CCCCCC3)N3CCCC3)ccc21. The van der Waals surface area contributed by atoms with Gasteiger partial charge >= 0.3 is 11.8 Å². The Labute approximate surface area is 180 Å². The quantitative estimate of drug-likeness (QED) is 0.577. The van der Waals surface area contributed by atoms with E-state index in [9.17, 15) is 9.59 Å². The maximum Gasteiger partial charge on any atom is 0.309 e. The predicted molar refractivity (Wildman–Crippen MR) is 120 cm³/mol. The van der Waals surface area contributed by atoms with Gasteiger partial charge in [-0.25, -0.2) is 0 Å². The molecule has 164 valence electrons. The van der Waals surface area contributed by atoms with Gasteiger partial charge in [-0.2, -0.15) is 0 Å². The molecule has 0 aromatic heterocycles. The second-order valence-corrected chi connectivity index (χ2v) is 9.19. The van der Waals surface area contributed by atoms with Crippen LogP contribution in [0.15, 0.2) is 18.2 Å². The summed E-state index contributed by atoms with van der Waals surface area (Å²) in [5.41, 5.74) is 3.94. The van der Waals surface area contributed by atoms with Crippen LogP contribution in [-0.4, -0.2) is 56.0 Å². The molecule has 2 amide bonds. The van der Waals surface area contributed by atoms with E-state index < -0.39 is 11.8 Å². The van der Waals surface area contributed by atoms with Crippen LogP contribution in [0.1, 0.15) is 68.5 Å². The van der Waals surface area contributed by atoms with Crippen molar-refractivity contribution in [2.24, 2.45) is 0 Å². The molecule has 1 aromatic rings. The van der Waals surface area contributed by atoms with Gasteiger partial charge in [0, 0.05) is 31.9 Å². The Kier molecular flexibility index (Phi) is 6.93. The number of carbonyl (C=O) groups is 2. The lowest BCUT2D eigenvalue weighted by molar-refractivity contribution is -0.139. The van der Waals surface area contributed by atoms with Crippen molar-refractivity contribution in [2.75, 3.05) is 38.1 Å². The molecule has 0 radical (unpaired) electrons. The van der Waals surface area contributed by atoms with E-state index in [1.165, 1.54) is 42.5 Å². The number of carbonyl (C=O) groups excluding carboxylic acids is 2. The molecule has 0 unspecified atom stereocenters. The number of rotatable bonds is 5. The minimum absolute atomic E-state index is 0.123. The molecular formula is C24H36N4O2. The highest BCUT2D eigenvalue weighted by Gasteiger charge is 2.27. The van der Waals surface area contributed by atoms with Gasteiger partial charge < -0.3 is 15.5 Å². The Morgan fingerprint density at radius 2 is 1.73 bits per heavy atom. The molecular weight excluding hydrogens is 376 g/mol. The van der Waals surface area contributed by atoms with Gasteiger partial charge in [0.15, 0.2) is 0 Å². The Bertz CT molecular complexity index is 752. The molecule has 1 saturated heterocycles. The molecule has 6 heteroatoms. The molecule has 2 heterocycles. The van der Waals surface area contributed by atoms with Crippen molar-refractivity contribution >= 4 is 17.5 Å². The second kappa shape index (κ2) is 9.82. The van der Waals surface area contributed by atoms with Gasteiger partial charge in [0.05, 0.1) is 6.04 Å². The second-order valence-electron chi connectivity index (χ2n) is 9.19. The van der Waals surface area contributed by atoms with Crippen molar-refractivity contribution in [1.82, 2.24) is 15.5 Å². The highest BCUT2D eigenvalue weighted by molar-refractivity contribution is 6.35. The fourth-order valence-corrected chi connectivity index (χ4v) is 5.25. The van der Waals surface area contributed by atoms with E-state index in [0.717, 1.165) is 51.7 Å². The minimum atomic E-state index is -0.496. The first-order valence-electron chi connectivity index (χ1n) is 11.8. The number of hydrogen-bond acceptors (Lipinski definition) is 4. The maximum absolute atomic E-state index is 12.5. The monoisotopic (exact) mass is 412 g/mol. The van der Waals surface area contributed by atoms with Crippen LogP contribution < -0.4 is 15.5 Å². The number of fused-ring (bicyclic) bond motifs is 1. The largest absolute Gasteiger partial charge is 0.374 e. The van der Waals surface area contributed by atoms with Crippen LogP contribution >= 0.6 is 0 Å². The van der Waals surface area contributed by atoms with Crippen LogP contribution in [-0.2, 0) is 16.0 Å². The van der Waals surface area contributed by atoms with Gasteiger partial charge in [0.1, 0.15) is 0 Å². The Morgan fingerprint density at radius 1 is 1.00 bits per heavy atom. The van der Waals surface area contributed by atoms with E-state index in [1.54, 1.807) is 0 Å². The molecule has 6 nitrogen and oxygen atoms in total. The fourth-order valence-electron chi connectivity index (χ4n) is 5.25. The summed E-state index contributed by atoms with van der Waals surface area (Å²) in [6.45, 7) is 3.63. The molecule has 1 atom stereocenters. The number of benzene rings is 1. The normalized spacial score (nSPS) is 21.2. The van der Waals surface area contributed by atoms with Crippen molar-refractivity contribution in [2.45, 2.75) is 69.9 Å². The average molecular weight is 413 g/mol. The number of hydrogen-bond donors (Lipinski definition) is 2. The maximum atomic E-state index is 12.5. The number of nitrogens with zero attached hydrogens (tertiary/aromatic N) is 2. The number of amides is 2. The predicted octanol–water partition coefficient (Wildman–Crippen LogP) is 2.77.